The van der Waals surface area contributed by atoms with Crippen molar-refractivity contribution in [3.05, 3.63) is 52.8 Å². The Hall–Kier alpha value is -2.56. The van der Waals surface area contributed by atoms with Gasteiger partial charge in [-0.25, -0.2) is 0 Å². The fraction of sp³-hybridized carbons (Fsp3) is 0.613. The van der Waals surface area contributed by atoms with Gasteiger partial charge < -0.3 is 35.0 Å². The Morgan fingerprint density at radius 2 is 1.68 bits per heavy atom. The number of aliphatic hydroxyl groups is 5. The predicted molar refractivity (Wildman–Crippen MR) is 143 cm³/mol. The largest absolute Gasteiger partial charge is 0.511 e. The number of ketones is 2. The molecule has 1 heterocycles. The number of fused-ring (bicyclic) bond motifs is 2. The second-order valence-electron chi connectivity index (χ2n) is 12.4. The second kappa shape index (κ2) is 10.7. The molecule has 5 aliphatic rings. The van der Waals surface area contributed by atoms with Gasteiger partial charge in [-0.2, -0.15) is 0 Å². The number of carbonyl (C=O) groups excluding carboxylic acids is 2. The number of aliphatic hydroxyl groups excluding tert-OH is 5. The van der Waals surface area contributed by atoms with Gasteiger partial charge in [0.05, 0.1) is 24.0 Å². The fourth-order valence-corrected chi connectivity index (χ4v) is 7.66. The normalized spacial score (nSPS) is 35.6. The molecule has 7 atom stereocenters. The summed E-state index contributed by atoms with van der Waals surface area (Å²) in [7, 11) is 0. The highest BCUT2D eigenvalue weighted by Crippen LogP contribution is 2.51. The summed E-state index contributed by atoms with van der Waals surface area (Å²) in [4.78, 5) is 27.4. The van der Waals surface area contributed by atoms with Gasteiger partial charge in [0.15, 0.2) is 11.6 Å². The fourth-order valence-electron chi connectivity index (χ4n) is 7.66. The number of hydrogen-bond acceptors (Lipinski definition) is 9. The molecule has 0 amide bonds. The van der Waals surface area contributed by atoms with E-state index >= 15 is 0 Å². The highest BCUT2D eigenvalue weighted by molar-refractivity contribution is 6.19. The van der Waals surface area contributed by atoms with Gasteiger partial charge in [0.1, 0.15) is 35.9 Å². The smallest absolute Gasteiger partial charge is 0.229 e. The van der Waals surface area contributed by atoms with Gasteiger partial charge >= 0.3 is 0 Å². The Kier molecular flexibility index (Phi) is 7.37. The van der Waals surface area contributed by atoms with Crippen molar-refractivity contribution in [1.29, 1.82) is 0 Å². The predicted octanol–water partition coefficient (Wildman–Crippen LogP) is 3.00. The van der Waals surface area contributed by atoms with Crippen molar-refractivity contribution >= 4 is 11.6 Å². The summed E-state index contributed by atoms with van der Waals surface area (Å²) in [6, 6.07) is 4.53. The van der Waals surface area contributed by atoms with Crippen LogP contribution in [0.2, 0.25) is 0 Å². The lowest BCUT2D eigenvalue weighted by Crippen LogP contribution is -2.60. The molecule has 2 saturated carbocycles. The lowest BCUT2D eigenvalue weighted by molar-refractivity contribution is -0.277. The minimum absolute atomic E-state index is 0.0309. The minimum Gasteiger partial charge on any atom is -0.511 e. The zero-order chi connectivity index (χ0) is 28.2. The van der Waals surface area contributed by atoms with Crippen LogP contribution in [0.4, 0.5) is 0 Å². The van der Waals surface area contributed by atoms with Crippen molar-refractivity contribution in [1.82, 2.24) is 0 Å². The van der Waals surface area contributed by atoms with E-state index in [9.17, 15) is 35.1 Å². The van der Waals surface area contributed by atoms with Crippen molar-refractivity contribution in [2.75, 3.05) is 6.61 Å². The van der Waals surface area contributed by atoms with Gasteiger partial charge in [0.2, 0.25) is 6.29 Å². The van der Waals surface area contributed by atoms with Gasteiger partial charge in [-0.3, -0.25) is 9.59 Å². The van der Waals surface area contributed by atoms with Crippen LogP contribution in [-0.4, -0.2) is 74.4 Å². The van der Waals surface area contributed by atoms with Gasteiger partial charge in [-0.05, 0) is 74.0 Å². The Balaban J connectivity index is 1.22. The zero-order valence-corrected chi connectivity index (χ0v) is 22.4. The van der Waals surface area contributed by atoms with Crippen molar-refractivity contribution < 1.29 is 44.6 Å². The first kappa shape index (κ1) is 27.6. The molecule has 1 aromatic rings. The molecule has 1 saturated heterocycles. The monoisotopic (exact) mass is 554 g/mol. The van der Waals surface area contributed by atoms with Gasteiger partial charge in [0.25, 0.3) is 0 Å². The highest BCUT2D eigenvalue weighted by atomic mass is 16.7. The van der Waals surface area contributed by atoms with Crippen LogP contribution in [0, 0.1) is 23.2 Å². The molecule has 9 heteroatoms. The molecule has 6 rings (SSSR count). The maximum absolute atomic E-state index is 13.7. The molecule has 5 N–H and O–H groups in total. The van der Waals surface area contributed by atoms with Crippen molar-refractivity contribution in [3.8, 4) is 5.75 Å². The Morgan fingerprint density at radius 1 is 0.950 bits per heavy atom. The van der Waals surface area contributed by atoms with Gasteiger partial charge in [-0.15, -0.1) is 0 Å². The molecule has 3 fully saturated rings. The third kappa shape index (κ3) is 4.71. The Labute approximate surface area is 233 Å². The number of allylic oxidation sites excluding steroid dienone is 4. The Bertz CT molecular complexity index is 1220. The summed E-state index contributed by atoms with van der Waals surface area (Å²) in [5.41, 5.74) is 1.55. The highest BCUT2D eigenvalue weighted by Gasteiger charge is 2.48. The summed E-state index contributed by atoms with van der Waals surface area (Å²) in [5.74, 6) is -2.36. The topological polar surface area (TPSA) is 154 Å². The molecule has 1 spiro atoms. The molecule has 216 valence electrons. The van der Waals surface area contributed by atoms with E-state index in [0.29, 0.717) is 11.3 Å². The molecule has 0 radical (unpaired) electrons. The van der Waals surface area contributed by atoms with Crippen LogP contribution in [0.25, 0.3) is 0 Å². The van der Waals surface area contributed by atoms with Crippen LogP contribution in [0.3, 0.4) is 0 Å². The maximum atomic E-state index is 13.7. The summed E-state index contributed by atoms with van der Waals surface area (Å²) >= 11 is 0. The van der Waals surface area contributed by atoms with E-state index in [-0.39, 0.29) is 28.4 Å². The van der Waals surface area contributed by atoms with E-state index in [4.69, 9.17) is 9.47 Å². The van der Waals surface area contributed by atoms with Crippen LogP contribution in [0.5, 0.6) is 5.75 Å². The van der Waals surface area contributed by atoms with E-state index in [1.807, 2.05) is 6.08 Å². The number of rotatable bonds is 5. The molecule has 1 aromatic carbocycles. The molecular weight excluding hydrogens is 516 g/mol. The standard InChI is InChI=1S/C31H38O9/c32-15-22-26(35)28(37)29(38)30(40-22)39-21-5-3-4-18-24(21)27(36)23-19(25(18)34)13-17(14-20(23)33)12-16-6-10-31(11-7-16)8-1-2-9-31/h3-5,13-14,16,19,22-23,26,28-30,32-33,35,37-38H,1-2,6-12,15H2/t19-,22+,23-,26+,28-,29+,30+/m0/s1. The Morgan fingerprint density at radius 3 is 2.38 bits per heavy atom. The van der Waals surface area contributed by atoms with Crippen molar-refractivity contribution in [3.63, 3.8) is 0 Å². The lowest BCUT2D eigenvalue weighted by Gasteiger charge is -2.40. The molecule has 4 aliphatic carbocycles. The molecule has 1 aliphatic heterocycles. The molecule has 0 unspecified atom stereocenters. The average molecular weight is 555 g/mol. The minimum atomic E-state index is -1.67. The zero-order valence-electron chi connectivity index (χ0n) is 22.4. The molecule has 40 heavy (non-hydrogen) atoms. The number of Topliss-reactive ketones (excluding diaryl/α,β-unsaturated/α-hetero) is 2. The third-order valence-electron chi connectivity index (χ3n) is 9.97. The number of benzene rings is 1. The molecule has 9 nitrogen and oxygen atoms in total. The molecule has 0 bridgehead atoms. The molecule has 0 aromatic heterocycles. The first-order valence-corrected chi connectivity index (χ1v) is 14.5. The SMILES string of the molecule is O=C1c2c(O[C@@H]3O[C@H](CO)[C@@H](O)[C@H](O)[C@H]3O)cccc2C(=O)[C@H]2C=C(CC3CCC4(CCCC4)CC3)C=C(O)[C@@H]12. The van der Waals surface area contributed by atoms with E-state index < -0.39 is 54.9 Å². The van der Waals surface area contributed by atoms with E-state index in [0.717, 1.165) is 24.8 Å². The third-order valence-corrected chi connectivity index (χ3v) is 9.97. The van der Waals surface area contributed by atoms with Gasteiger partial charge in [-0.1, -0.05) is 31.1 Å². The van der Waals surface area contributed by atoms with Crippen LogP contribution < -0.4 is 4.74 Å². The summed E-state index contributed by atoms with van der Waals surface area (Å²) in [6.45, 7) is -0.631. The maximum Gasteiger partial charge on any atom is 0.229 e. The van der Waals surface area contributed by atoms with E-state index in [1.165, 1.54) is 50.7 Å². The quantitative estimate of drug-likeness (QED) is 0.370. The summed E-state index contributed by atoms with van der Waals surface area (Å²) in [5, 5.41) is 51.1. The number of ether oxygens (including phenoxy) is 2. The number of hydrogen-bond donors (Lipinski definition) is 5. The summed E-state index contributed by atoms with van der Waals surface area (Å²) < 4.78 is 11.2. The average Bonchev–Trinajstić information content (AvgIpc) is 3.41. The van der Waals surface area contributed by atoms with Crippen LogP contribution in [-0.2, 0) is 4.74 Å². The van der Waals surface area contributed by atoms with Crippen LogP contribution in [0.1, 0.15) is 78.5 Å². The van der Waals surface area contributed by atoms with Crippen molar-refractivity contribution in [2.24, 2.45) is 23.2 Å². The van der Waals surface area contributed by atoms with Crippen LogP contribution >= 0.6 is 0 Å². The second-order valence-corrected chi connectivity index (χ2v) is 12.4. The van der Waals surface area contributed by atoms with Gasteiger partial charge in [0, 0.05) is 5.56 Å². The lowest BCUT2D eigenvalue weighted by atomic mass is 9.67. The summed E-state index contributed by atoms with van der Waals surface area (Å²) in [6.07, 6.45) is 6.81. The first-order valence-electron chi connectivity index (χ1n) is 14.5. The first-order chi connectivity index (χ1) is 19.2. The van der Waals surface area contributed by atoms with E-state index in [1.54, 1.807) is 12.1 Å². The van der Waals surface area contributed by atoms with E-state index in [2.05, 4.69) is 0 Å². The van der Waals surface area contributed by atoms with Crippen LogP contribution in [0.15, 0.2) is 41.7 Å². The number of carbonyl (C=O) groups is 2. The van der Waals surface area contributed by atoms with Crippen molar-refractivity contribution in [2.45, 2.75) is 88.5 Å². The molecular formula is C31H38O9.